The largest absolute Gasteiger partial charge is 0.444 e. The van der Waals surface area contributed by atoms with Crippen LogP contribution in [-0.2, 0) is 4.74 Å². The van der Waals surface area contributed by atoms with Gasteiger partial charge in [-0.05, 0) is 57.7 Å². The summed E-state index contributed by atoms with van der Waals surface area (Å²) in [6, 6.07) is 6.52. The first-order chi connectivity index (χ1) is 9.76. The summed E-state index contributed by atoms with van der Waals surface area (Å²) in [5.74, 6) is 0. The Balaban J connectivity index is 2.08. The maximum atomic E-state index is 12.1. The van der Waals surface area contributed by atoms with Crippen LogP contribution in [0.4, 0.5) is 4.79 Å². The molecule has 0 spiro atoms. The fourth-order valence-electron chi connectivity index (χ4n) is 2.49. The summed E-state index contributed by atoms with van der Waals surface area (Å²) in [5, 5.41) is 0. The molecule has 0 bridgehead atoms. The van der Waals surface area contributed by atoms with Crippen LogP contribution in [0.5, 0.6) is 0 Å². The number of ether oxygens (including phenoxy) is 1. The van der Waals surface area contributed by atoms with Crippen molar-refractivity contribution in [1.29, 1.82) is 0 Å². The SMILES string of the molecule is Cc1ccc(C)c(C2=CCN(C(=O)OC(C)(C)C)CC2)c1. The van der Waals surface area contributed by atoms with Gasteiger partial charge in [-0.3, -0.25) is 0 Å². The smallest absolute Gasteiger partial charge is 0.410 e. The molecule has 1 heterocycles. The van der Waals surface area contributed by atoms with E-state index < -0.39 is 5.60 Å². The molecule has 0 saturated carbocycles. The van der Waals surface area contributed by atoms with Gasteiger partial charge in [-0.1, -0.05) is 29.8 Å². The number of carbonyl (C=O) groups excluding carboxylic acids is 1. The molecular weight excluding hydrogens is 262 g/mol. The second-order valence-corrected chi connectivity index (χ2v) is 6.72. The standard InChI is InChI=1S/C18H25NO2/c1-13-6-7-14(2)16(12-13)15-8-10-19(11-9-15)17(20)21-18(3,4)5/h6-8,12H,9-11H2,1-5H3. The zero-order chi connectivity index (χ0) is 15.6. The van der Waals surface area contributed by atoms with Gasteiger partial charge in [0.25, 0.3) is 0 Å². The van der Waals surface area contributed by atoms with E-state index in [1.807, 2.05) is 20.8 Å². The van der Waals surface area contributed by atoms with Crippen molar-refractivity contribution in [3.8, 4) is 0 Å². The van der Waals surface area contributed by atoms with Gasteiger partial charge in [0.2, 0.25) is 0 Å². The quantitative estimate of drug-likeness (QED) is 0.769. The van der Waals surface area contributed by atoms with Crippen molar-refractivity contribution in [2.24, 2.45) is 0 Å². The highest BCUT2D eigenvalue weighted by Crippen LogP contribution is 2.26. The lowest BCUT2D eigenvalue weighted by atomic mass is 9.94. The molecule has 0 unspecified atom stereocenters. The van der Waals surface area contributed by atoms with E-state index in [0.29, 0.717) is 13.1 Å². The predicted molar refractivity (Wildman–Crippen MR) is 86.3 cm³/mol. The third-order valence-corrected chi connectivity index (χ3v) is 3.60. The summed E-state index contributed by atoms with van der Waals surface area (Å²) < 4.78 is 5.42. The van der Waals surface area contributed by atoms with Crippen LogP contribution in [-0.4, -0.2) is 29.7 Å². The van der Waals surface area contributed by atoms with E-state index in [1.54, 1.807) is 4.90 Å². The molecule has 1 aliphatic rings. The first kappa shape index (κ1) is 15.6. The van der Waals surface area contributed by atoms with E-state index >= 15 is 0 Å². The van der Waals surface area contributed by atoms with Crippen LogP contribution in [0.3, 0.4) is 0 Å². The number of hydrogen-bond donors (Lipinski definition) is 0. The third-order valence-electron chi connectivity index (χ3n) is 3.60. The minimum absolute atomic E-state index is 0.223. The van der Waals surface area contributed by atoms with Crippen molar-refractivity contribution in [1.82, 2.24) is 4.90 Å². The highest BCUT2D eigenvalue weighted by Gasteiger charge is 2.24. The topological polar surface area (TPSA) is 29.5 Å². The van der Waals surface area contributed by atoms with Crippen LogP contribution >= 0.6 is 0 Å². The van der Waals surface area contributed by atoms with Crippen molar-refractivity contribution in [3.63, 3.8) is 0 Å². The van der Waals surface area contributed by atoms with Crippen LogP contribution in [0.2, 0.25) is 0 Å². The molecule has 0 aliphatic carbocycles. The molecule has 1 amide bonds. The number of aryl methyl sites for hydroxylation is 2. The average Bonchev–Trinajstić information content (AvgIpc) is 2.40. The van der Waals surface area contributed by atoms with Gasteiger partial charge in [-0.2, -0.15) is 0 Å². The van der Waals surface area contributed by atoms with Crippen LogP contribution < -0.4 is 0 Å². The first-order valence-electron chi connectivity index (χ1n) is 7.51. The summed E-state index contributed by atoms with van der Waals surface area (Å²) in [5.41, 5.74) is 4.76. The van der Waals surface area contributed by atoms with Crippen molar-refractivity contribution >= 4 is 11.7 Å². The van der Waals surface area contributed by atoms with Gasteiger partial charge in [-0.15, -0.1) is 0 Å². The molecule has 114 valence electrons. The molecular formula is C18H25NO2. The Hall–Kier alpha value is -1.77. The highest BCUT2D eigenvalue weighted by molar-refractivity contribution is 5.74. The summed E-state index contributed by atoms with van der Waals surface area (Å²) in [6.45, 7) is 11.3. The van der Waals surface area contributed by atoms with Gasteiger partial charge in [0.05, 0.1) is 0 Å². The normalized spacial score (nSPS) is 15.7. The summed E-state index contributed by atoms with van der Waals surface area (Å²) in [7, 11) is 0. The zero-order valence-corrected chi connectivity index (χ0v) is 13.7. The number of rotatable bonds is 1. The Bertz CT molecular complexity index is 567. The Labute approximate surface area is 127 Å². The maximum absolute atomic E-state index is 12.1. The van der Waals surface area contributed by atoms with Gasteiger partial charge >= 0.3 is 6.09 Å². The van der Waals surface area contributed by atoms with Crippen molar-refractivity contribution in [2.75, 3.05) is 13.1 Å². The predicted octanol–water partition coefficient (Wildman–Crippen LogP) is 4.33. The maximum Gasteiger partial charge on any atom is 0.410 e. The van der Waals surface area contributed by atoms with E-state index in [9.17, 15) is 4.79 Å². The van der Waals surface area contributed by atoms with E-state index in [1.165, 1.54) is 22.3 Å². The second kappa shape index (κ2) is 5.92. The third kappa shape index (κ3) is 4.10. The van der Waals surface area contributed by atoms with Gasteiger partial charge in [0.1, 0.15) is 5.60 Å². The van der Waals surface area contributed by atoms with E-state index in [4.69, 9.17) is 4.74 Å². The lowest BCUT2D eigenvalue weighted by molar-refractivity contribution is 0.0270. The number of nitrogens with zero attached hydrogens (tertiary/aromatic N) is 1. The summed E-state index contributed by atoms with van der Waals surface area (Å²) in [6.07, 6.45) is 2.80. The fraction of sp³-hybridized carbons (Fsp3) is 0.500. The lowest BCUT2D eigenvalue weighted by Gasteiger charge is -2.30. The molecule has 0 saturated heterocycles. The number of benzene rings is 1. The molecule has 0 radical (unpaired) electrons. The van der Waals surface area contributed by atoms with Crippen molar-refractivity contribution < 1.29 is 9.53 Å². The van der Waals surface area contributed by atoms with E-state index in [-0.39, 0.29) is 6.09 Å². The van der Waals surface area contributed by atoms with Crippen LogP contribution in [0.25, 0.3) is 5.57 Å². The van der Waals surface area contributed by atoms with Gasteiger partial charge < -0.3 is 9.64 Å². The molecule has 1 aliphatic heterocycles. The molecule has 1 aromatic rings. The Morgan fingerprint density at radius 1 is 1.24 bits per heavy atom. The van der Waals surface area contributed by atoms with Gasteiger partial charge in [0, 0.05) is 13.1 Å². The molecule has 21 heavy (non-hydrogen) atoms. The fourth-order valence-corrected chi connectivity index (χ4v) is 2.49. The van der Waals surface area contributed by atoms with E-state index in [0.717, 1.165) is 6.42 Å². The Morgan fingerprint density at radius 3 is 2.52 bits per heavy atom. The summed E-state index contributed by atoms with van der Waals surface area (Å²) in [4.78, 5) is 13.8. The van der Waals surface area contributed by atoms with Crippen LogP contribution in [0.15, 0.2) is 24.3 Å². The monoisotopic (exact) mass is 287 g/mol. The molecule has 3 heteroatoms. The Morgan fingerprint density at radius 2 is 1.95 bits per heavy atom. The highest BCUT2D eigenvalue weighted by atomic mass is 16.6. The van der Waals surface area contributed by atoms with Crippen LogP contribution in [0.1, 0.15) is 43.9 Å². The molecule has 0 N–H and O–H groups in total. The number of carbonyl (C=O) groups is 1. The minimum atomic E-state index is -0.436. The zero-order valence-electron chi connectivity index (χ0n) is 13.7. The van der Waals surface area contributed by atoms with Crippen molar-refractivity contribution in [2.45, 2.75) is 46.6 Å². The van der Waals surface area contributed by atoms with Crippen molar-refractivity contribution in [3.05, 3.63) is 41.0 Å². The molecule has 0 aromatic heterocycles. The average molecular weight is 287 g/mol. The second-order valence-electron chi connectivity index (χ2n) is 6.72. The lowest BCUT2D eigenvalue weighted by Crippen LogP contribution is -2.39. The van der Waals surface area contributed by atoms with Crippen LogP contribution in [0, 0.1) is 13.8 Å². The van der Waals surface area contributed by atoms with E-state index in [2.05, 4.69) is 38.1 Å². The number of hydrogen-bond acceptors (Lipinski definition) is 2. The van der Waals surface area contributed by atoms with Gasteiger partial charge in [0.15, 0.2) is 0 Å². The number of amides is 1. The molecule has 0 fully saturated rings. The molecule has 2 rings (SSSR count). The molecule has 0 atom stereocenters. The van der Waals surface area contributed by atoms with Gasteiger partial charge in [-0.25, -0.2) is 4.79 Å². The summed E-state index contributed by atoms with van der Waals surface area (Å²) >= 11 is 0. The molecule has 1 aromatic carbocycles. The molecule has 3 nitrogen and oxygen atoms in total. The minimum Gasteiger partial charge on any atom is -0.444 e. The Kier molecular flexibility index (Phi) is 4.40. The first-order valence-corrected chi connectivity index (χ1v) is 7.51.